The molecule has 1 aromatic rings. The van der Waals surface area contributed by atoms with Gasteiger partial charge in [0.1, 0.15) is 5.75 Å². The summed E-state index contributed by atoms with van der Waals surface area (Å²) in [5.41, 5.74) is 0.0538. The van der Waals surface area contributed by atoms with Gasteiger partial charge in [0, 0.05) is 0 Å². The number of esters is 1. The first-order valence-corrected chi connectivity index (χ1v) is 4.78. The van der Waals surface area contributed by atoms with Crippen LogP contribution in [0.4, 0.5) is 4.39 Å². The molecule has 0 aromatic heterocycles. The maximum absolute atomic E-state index is 14.0. The molecule has 0 saturated heterocycles. The normalized spacial score (nSPS) is 22.5. The summed E-state index contributed by atoms with van der Waals surface area (Å²) < 4.78 is 23.2. The van der Waals surface area contributed by atoms with Crippen LogP contribution in [0.5, 0.6) is 5.75 Å². The summed E-state index contributed by atoms with van der Waals surface area (Å²) in [5, 5.41) is 0. The number of Topliss-reactive ketones (excluding diaryl/α,β-unsaturated/α-hetero) is 1. The lowest BCUT2D eigenvalue weighted by Crippen LogP contribution is -2.44. The van der Waals surface area contributed by atoms with E-state index in [0.717, 1.165) is 0 Å². The van der Waals surface area contributed by atoms with E-state index in [1.807, 2.05) is 0 Å². The molecule has 0 N–H and O–H groups in total. The van der Waals surface area contributed by atoms with E-state index in [1.165, 1.54) is 19.1 Å². The number of carbonyl (C=O) groups excluding carboxylic acids is 2. The van der Waals surface area contributed by atoms with E-state index in [9.17, 15) is 14.0 Å². The number of carbonyl (C=O) groups is 2. The van der Waals surface area contributed by atoms with E-state index in [-0.39, 0.29) is 17.9 Å². The van der Waals surface area contributed by atoms with Gasteiger partial charge in [-0.1, -0.05) is 12.1 Å². The lowest BCUT2D eigenvalue weighted by atomic mass is 10.1. The summed E-state index contributed by atoms with van der Waals surface area (Å²) in [6.45, 7) is 1.51. The lowest BCUT2D eigenvalue weighted by molar-refractivity contribution is -0.169. The average Bonchev–Trinajstić information content (AvgIpc) is 2.54. The van der Waals surface area contributed by atoms with Gasteiger partial charge >= 0.3 is 11.8 Å². The Bertz CT molecular complexity index is 457. The van der Waals surface area contributed by atoms with Gasteiger partial charge in [-0.3, -0.25) is 4.79 Å². The number of alkyl halides is 1. The Morgan fingerprint density at radius 1 is 1.50 bits per heavy atom. The molecule has 0 unspecified atom stereocenters. The number of benzene rings is 1. The highest BCUT2D eigenvalue weighted by Crippen LogP contribution is 2.36. The molecule has 1 aliphatic heterocycles. The van der Waals surface area contributed by atoms with Crippen LogP contribution in [-0.4, -0.2) is 24.2 Å². The van der Waals surface area contributed by atoms with E-state index in [0.29, 0.717) is 0 Å². The molecule has 0 aliphatic carbocycles. The number of halogens is 1. The summed E-state index contributed by atoms with van der Waals surface area (Å²) in [6.07, 6.45) is 0. The number of para-hydroxylation sites is 1. The van der Waals surface area contributed by atoms with Crippen molar-refractivity contribution in [2.24, 2.45) is 0 Å². The third kappa shape index (κ3) is 1.36. The minimum atomic E-state index is -3.03. The van der Waals surface area contributed by atoms with Crippen molar-refractivity contribution < 1.29 is 23.5 Å². The van der Waals surface area contributed by atoms with Crippen LogP contribution in [-0.2, 0) is 9.53 Å². The molecule has 0 amide bonds. The van der Waals surface area contributed by atoms with E-state index < -0.39 is 17.6 Å². The summed E-state index contributed by atoms with van der Waals surface area (Å²) in [6, 6.07) is 5.98. The minimum Gasteiger partial charge on any atom is -0.461 e. The summed E-state index contributed by atoms with van der Waals surface area (Å²) in [5.74, 6) is -5.29. The minimum absolute atomic E-state index is 0.0164. The van der Waals surface area contributed by atoms with Crippen LogP contribution in [0, 0.1) is 0 Å². The number of ketones is 1. The van der Waals surface area contributed by atoms with Crippen molar-refractivity contribution in [1.29, 1.82) is 0 Å². The standard InChI is InChI=1S/C11H9FO4/c1-2-15-10(14)11(12)9(13)7-5-3-4-6-8(7)16-11/h3-6H,2H2,1H3/t11-/m1/s1. The second-order valence-corrected chi connectivity index (χ2v) is 3.24. The number of ether oxygens (including phenoxy) is 2. The number of hydrogen-bond acceptors (Lipinski definition) is 4. The highest BCUT2D eigenvalue weighted by Gasteiger charge is 2.56. The third-order valence-corrected chi connectivity index (χ3v) is 2.21. The first kappa shape index (κ1) is 10.6. The van der Waals surface area contributed by atoms with Crippen molar-refractivity contribution in [3.05, 3.63) is 29.8 Å². The average molecular weight is 224 g/mol. The SMILES string of the molecule is CCOC(=O)[C@]1(F)Oc2ccccc2C1=O. The molecule has 0 saturated carbocycles. The Morgan fingerprint density at radius 3 is 2.81 bits per heavy atom. The Morgan fingerprint density at radius 2 is 2.19 bits per heavy atom. The molecule has 1 atom stereocenters. The fraction of sp³-hybridized carbons (Fsp3) is 0.273. The van der Waals surface area contributed by atoms with Crippen molar-refractivity contribution >= 4 is 11.8 Å². The molecular formula is C11H9FO4. The van der Waals surface area contributed by atoms with Crippen LogP contribution >= 0.6 is 0 Å². The van der Waals surface area contributed by atoms with Crippen LogP contribution in [0.2, 0.25) is 0 Å². The molecule has 0 bridgehead atoms. The highest BCUT2D eigenvalue weighted by atomic mass is 19.2. The van der Waals surface area contributed by atoms with E-state index in [1.54, 1.807) is 12.1 Å². The van der Waals surface area contributed by atoms with Crippen molar-refractivity contribution in [2.75, 3.05) is 6.61 Å². The zero-order chi connectivity index (χ0) is 11.8. The van der Waals surface area contributed by atoms with Crippen LogP contribution < -0.4 is 4.74 Å². The maximum atomic E-state index is 14.0. The summed E-state index contributed by atoms with van der Waals surface area (Å²) >= 11 is 0. The van der Waals surface area contributed by atoms with Crippen LogP contribution in [0.25, 0.3) is 0 Å². The molecule has 84 valence electrons. The predicted molar refractivity (Wildman–Crippen MR) is 51.9 cm³/mol. The fourth-order valence-corrected chi connectivity index (χ4v) is 1.47. The molecule has 16 heavy (non-hydrogen) atoms. The Hall–Kier alpha value is -1.91. The zero-order valence-corrected chi connectivity index (χ0v) is 8.53. The Labute approximate surface area is 91.0 Å². The van der Waals surface area contributed by atoms with Gasteiger partial charge < -0.3 is 9.47 Å². The van der Waals surface area contributed by atoms with Crippen LogP contribution in [0.1, 0.15) is 17.3 Å². The second-order valence-electron chi connectivity index (χ2n) is 3.24. The maximum Gasteiger partial charge on any atom is 0.410 e. The van der Waals surface area contributed by atoms with Crippen LogP contribution in [0.15, 0.2) is 24.3 Å². The first-order valence-electron chi connectivity index (χ1n) is 4.78. The van der Waals surface area contributed by atoms with Gasteiger partial charge in [0.25, 0.3) is 5.78 Å². The molecule has 0 fully saturated rings. The smallest absolute Gasteiger partial charge is 0.410 e. The fourth-order valence-electron chi connectivity index (χ4n) is 1.47. The molecule has 5 heteroatoms. The molecule has 2 rings (SSSR count). The molecule has 0 radical (unpaired) electrons. The molecule has 4 nitrogen and oxygen atoms in total. The zero-order valence-electron chi connectivity index (χ0n) is 8.53. The number of rotatable bonds is 2. The Balaban J connectivity index is 2.37. The van der Waals surface area contributed by atoms with E-state index >= 15 is 0 Å². The molecular weight excluding hydrogens is 215 g/mol. The third-order valence-electron chi connectivity index (χ3n) is 2.21. The largest absolute Gasteiger partial charge is 0.461 e. The van der Waals surface area contributed by atoms with Gasteiger partial charge in [-0.15, -0.1) is 0 Å². The van der Waals surface area contributed by atoms with Gasteiger partial charge in [0.05, 0.1) is 12.2 Å². The quantitative estimate of drug-likeness (QED) is 0.564. The van der Waals surface area contributed by atoms with Gasteiger partial charge in [-0.25, -0.2) is 4.79 Å². The van der Waals surface area contributed by atoms with E-state index in [4.69, 9.17) is 4.74 Å². The molecule has 0 spiro atoms. The predicted octanol–water partition coefficient (Wildman–Crippen LogP) is 1.49. The van der Waals surface area contributed by atoms with Crippen molar-refractivity contribution in [1.82, 2.24) is 0 Å². The van der Waals surface area contributed by atoms with Gasteiger partial charge in [0.2, 0.25) is 0 Å². The first-order chi connectivity index (χ1) is 7.59. The van der Waals surface area contributed by atoms with Crippen molar-refractivity contribution in [3.8, 4) is 5.75 Å². The second kappa shape index (κ2) is 3.59. The summed E-state index contributed by atoms with van der Waals surface area (Å²) in [4.78, 5) is 22.9. The van der Waals surface area contributed by atoms with Gasteiger partial charge in [0.15, 0.2) is 0 Å². The number of hydrogen-bond donors (Lipinski definition) is 0. The molecule has 1 aromatic carbocycles. The van der Waals surface area contributed by atoms with E-state index in [2.05, 4.69) is 4.74 Å². The molecule has 1 heterocycles. The van der Waals surface area contributed by atoms with Gasteiger partial charge in [-0.05, 0) is 19.1 Å². The van der Waals surface area contributed by atoms with Crippen LogP contribution in [0.3, 0.4) is 0 Å². The monoisotopic (exact) mass is 224 g/mol. The lowest BCUT2D eigenvalue weighted by Gasteiger charge is -2.15. The van der Waals surface area contributed by atoms with Crippen molar-refractivity contribution in [2.45, 2.75) is 12.8 Å². The Kier molecular flexibility index (Phi) is 2.38. The van der Waals surface area contributed by atoms with Crippen molar-refractivity contribution in [3.63, 3.8) is 0 Å². The number of fused-ring (bicyclic) bond motifs is 1. The summed E-state index contributed by atoms with van der Waals surface area (Å²) in [7, 11) is 0. The topological polar surface area (TPSA) is 52.6 Å². The van der Waals surface area contributed by atoms with Gasteiger partial charge in [-0.2, -0.15) is 4.39 Å². The molecule has 1 aliphatic rings. The highest BCUT2D eigenvalue weighted by molar-refractivity contribution is 6.17.